The number of aliphatic imine (C=N–C) groups is 2. The number of hydrogen-bond acceptors (Lipinski definition) is 4. The van der Waals surface area contributed by atoms with E-state index in [1.807, 2.05) is 0 Å². The van der Waals surface area contributed by atoms with Gasteiger partial charge >= 0.3 is 0 Å². The molecular weight excluding hydrogens is 877 g/mol. The van der Waals surface area contributed by atoms with Crippen LogP contribution in [0.15, 0.2) is 143 Å². The van der Waals surface area contributed by atoms with Crippen LogP contribution in [-0.4, -0.2) is 24.6 Å². The molecule has 0 spiro atoms. The monoisotopic (exact) mass is 949 g/mol. The molecular formula is C68H72N2O2. The van der Waals surface area contributed by atoms with Gasteiger partial charge in [0, 0.05) is 0 Å². The molecule has 10 aromatic carbocycles. The Labute approximate surface area is 427 Å². The molecule has 72 heavy (non-hydrogen) atoms. The van der Waals surface area contributed by atoms with Crippen LogP contribution < -0.4 is 9.47 Å². The molecule has 0 atom stereocenters. The van der Waals surface area contributed by atoms with Crippen LogP contribution in [0.2, 0.25) is 0 Å². The summed E-state index contributed by atoms with van der Waals surface area (Å²) in [7, 11) is 0. The minimum atomic E-state index is 0.270. The molecule has 0 heterocycles. The second-order valence-electron chi connectivity index (χ2n) is 21.8. The molecule has 0 aliphatic rings. The molecule has 0 aliphatic carbocycles. The second-order valence-corrected chi connectivity index (χ2v) is 21.8. The third kappa shape index (κ3) is 9.90. The van der Waals surface area contributed by atoms with Crippen molar-refractivity contribution in [1.82, 2.24) is 0 Å². The standard InChI is InChI=1S/C68H72N2O2/c1-41(2)59-37-57(71-31-13-11-17-47-33-53-27-23-49-19-15-20-50-24-28-54(34-47)65(53)63(49)50)38-60(42(3)4)67(59)69-45(9)46(10)70-68-61(43(5)6)39-58(40-62(68)44(7)8)72-32-14-12-18-48-35-55-29-25-51-21-16-22-52-26-30-56(36-48)66(55)64(51)52/h15-16,19-30,33-44H,11-14,17-18,31-32H2,1-10H3. The van der Waals surface area contributed by atoms with Crippen molar-refractivity contribution in [2.24, 2.45) is 9.98 Å². The Balaban J connectivity index is 0.802. The van der Waals surface area contributed by atoms with E-state index >= 15 is 0 Å². The third-order valence-electron chi connectivity index (χ3n) is 15.2. The lowest BCUT2D eigenvalue weighted by Crippen LogP contribution is -2.08. The lowest BCUT2D eigenvalue weighted by molar-refractivity contribution is 0.306. The van der Waals surface area contributed by atoms with Gasteiger partial charge in [-0.15, -0.1) is 0 Å². The maximum Gasteiger partial charge on any atom is 0.120 e. The summed E-state index contributed by atoms with van der Waals surface area (Å²) in [5, 5.41) is 16.1. The summed E-state index contributed by atoms with van der Waals surface area (Å²) in [5.74, 6) is 2.94. The maximum atomic E-state index is 6.56. The van der Waals surface area contributed by atoms with Crippen LogP contribution in [0.25, 0.3) is 64.6 Å². The van der Waals surface area contributed by atoms with Crippen LogP contribution in [0.4, 0.5) is 11.4 Å². The average molecular weight is 949 g/mol. The SMILES string of the molecule is CC(=Nc1c(C(C)C)cc(OCCCCc2cc3ccc4cccc5ccc(c2)c3c45)cc1C(C)C)C(C)=Nc1c(C(C)C)cc(OCCCCc2cc3ccc4cccc5ccc(c2)c3c45)cc1C(C)C. The van der Waals surface area contributed by atoms with Crippen molar-refractivity contribution in [1.29, 1.82) is 0 Å². The van der Waals surface area contributed by atoms with Crippen molar-refractivity contribution in [2.45, 2.75) is 131 Å². The fourth-order valence-electron chi connectivity index (χ4n) is 11.2. The zero-order chi connectivity index (χ0) is 50.2. The highest BCUT2D eigenvalue weighted by atomic mass is 16.5. The van der Waals surface area contributed by atoms with E-state index < -0.39 is 0 Å². The number of rotatable bonds is 19. The van der Waals surface area contributed by atoms with Gasteiger partial charge in [0.25, 0.3) is 0 Å². The molecule has 0 unspecified atom stereocenters. The minimum absolute atomic E-state index is 0.270. The highest BCUT2D eigenvalue weighted by molar-refractivity contribution is 6.41. The fourth-order valence-corrected chi connectivity index (χ4v) is 11.2. The average Bonchev–Trinajstić information content (AvgIpc) is 3.37. The molecule has 0 saturated carbocycles. The zero-order valence-corrected chi connectivity index (χ0v) is 44.4. The highest BCUT2D eigenvalue weighted by Gasteiger charge is 2.20. The largest absolute Gasteiger partial charge is 0.494 e. The van der Waals surface area contributed by atoms with Gasteiger partial charge in [-0.1, -0.05) is 165 Å². The molecule has 0 aliphatic heterocycles. The van der Waals surface area contributed by atoms with Gasteiger partial charge in [-0.05, 0) is 198 Å². The van der Waals surface area contributed by atoms with Gasteiger partial charge in [0.2, 0.25) is 0 Å². The summed E-state index contributed by atoms with van der Waals surface area (Å²) < 4.78 is 13.1. The molecule has 10 aromatic rings. The van der Waals surface area contributed by atoms with E-state index in [9.17, 15) is 0 Å². The van der Waals surface area contributed by atoms with Gasteiger partial charge in [-0.3, -0.25) is 9.98 Å². The lowest BCUT2D eigenvalue weighted by Gasteiger charge is -2.21. The first-order chi connectivity index (χ1) is 34.8. The molecule has 0 saturated heterocycles. The summed E-state index contributed by atoms with van der Waals surface area (Å²) in [6, 6.07) is 49.9. The fraction of sp³-hybridized carbons (Fsp3) is 0.324. The van der Waals surface area contributed by atoms with E-state index in [1.165, 1.54) is 98.0 Å². The molecule has 0 N–H and O–H groups in total. The van der Waals surface area contributed by atoms with E-state index in [4.69, 9.17) is 19.5 Å². The number of benzene rings is 10. The molecule has 0 fully saturated rings. The molecule has 0 amide bonds. The quantitative estimate of drug-likeness (QED) is 0.0460. The maximum absolute atomic E-state index is 6.56. The Morgan fingerprint density at radius 1 is 0.361 bits per heavy atom. The van der Waals surface area contributed by atoms with Gasteiger partial charge < -0.3 is 9.47 Å². The lowest BCUT2D eigenvalue weighted by atomic mass is 9.92. The predicted octanol–water partition coefficient (Wildman–Crippen LogP) is 19.7. The topological polar surface area (TPSA) is 43.2 Å². The van der Waals surface area contributed by atoms with Crippen molar-refractivity contribution >= 4 is 87.4 Å². The molecule has 4 heteroatoms. The van der Waals surface area contributed by atoms with E-state index in [1.54, 1.807) is 0 Å². The summed E-state index contributed by atoms with van der Waals surface area (Å²) in [5.41, 5.74) is 11.6. The predicted molar refractivity (Wildman–Crippen MR) is 312 cm³/mol. The van der Waals surface area contributed by atoms with E-state index in [0.717, 1.165) is 72.8 Å². The van der Waals surface area contributed by atoms with Crippen LogP contribution in [0.3, 0.4) is 0 Å². The van der Waals surface area contributed by atoms with Crippen molar-refractivity contribution in [3.05, 3.63) is 167 Å². The van der Waals surface area contributed by atoms with Crippen LogP contribution in [0, 0.1) is 0 Å². The number of aryl methyl sites for hydroxylation is 2. The first kappa shape index (κ1) is 48.8. The van der Waals surface area contributed by atoms with E-state index in [2.05, 4.69) is 203 Å². The zero-order valence-electron chi connectivity index (χ0n) is 44.4. The van der Waals surface area contributed by atoms with Crippen LogP contribution in [-0.2, 0) is 12.8 Å². The van der Waals surface area contributed by atoms with E-state index in [0.29, 0.717) is 13.2 Å². The Morgan fingerprint density at radius 3 is 0.931 bits per heavy atom. The summed E-state index contributed by atoms with van der Waals surface area (Å²) in [6.07, 6.45) is 6.18. The van der Waals surface area contributed by atoms with Crippen LogP contribution in [0.1, 0.15) is 152 Å². The number of hydrogen-bond donors (Lipinski definition) is 0. The Morgan fingerprint density at radius 2 is 0.639 bits per heavy atom. The molecule has 366 valence electrons. The number of unbranched alkanes of at least 4 members (excludes halogenated alkanes) is 2. The molecule has 0 radical (unpaired) electrons. The highest BCUT2D eigenvalue weighted by Crippen LogP contribution is 2.42. The van der Waals surface area contributed by atoms with Crippen LogP contribution in [0.5, 0.6) is 11.5 Å². The van der Waals surface area contributed by atoms with Gasteiger partial charge in [0.15, 0.2) is 0 Å². The Kier molecular flexibility index (Phi) is 14.1. The Hall–Kier alpha value is -6.78. The van der Waals surface area contributed by atoms with Crippen molar-refractivity contribution in [2.75, 3.05) is 13.2 Å². The van der Waals surface area contributed by atoms with Gasteiger partial charge in [-0.2, -0.15) is 0 Å². The molecule has 4 nitrogen and oxygen atoms in total. The first-order valence-corrected chi connectivity index (χ1v) is 26.9. The minimum Gasteiger partial charge on any atom is -0.494 e. The molecule has 0 bridgehead atoms. The molecule has 10 rings (SSSR count). The third-order valence-corrected chi connectivity index (χ3v) is 15.2. The summed E-state index contributed by atoms with van der Waals surface area (Å²) in [6.45, 7) is 23.7. The van der Waals surface area contributed by atoms with E-state index in [-0.39, 0.29) is 23.7 Å². The smallest absolute Gasteiger partial charge is 0.120 e. The summed E-state index contributed by atoms with van der Waals surface area (Å²) >= 11 is 0. The first-order valence-electron chi connectivity index (χ1n) is 26.9. The van der Waals surface area contributed by atoms with Crippen molar-refractivity contribution in [3.63, 3.8) is 0 Å². The van der Waals surface area contributed by atoms with Crippen molar-refractivity contribution < 1.29 is 9.47 Å². The summed E-state index contributed by atoms with van der Waals surface area (Å²) in [4.78, 5) is 10.8. The molecule has 0 aromatic heterocycles. The van der Waals surface area contributed by atoms with Gasteiger partial charge in [0.05, 0.1) is 36.0 Å². The number of ether oxygens (including phenoxy) is 2. The Bertz CT molecular complexity index is 3200. The number of nitrogens with zero attached hydrogens (tertiary/aromatic N) is 2. The van der Waals surface area contributed by atoms with Gasteiger partial charge in [-0.25, -0.2) is 0 Å². The van der Waals surface area contributed by atoms with Gasteiger partial charge in [0.1, 0.15) is 11.5 Å². The van der Waals surface area contributed by atoms with Crippen LogP contribution >= 0.6 is 0 Å². The normalized spacial score (nSPS) is 12.9. The second kappa shape index (κ2) is 20.7. The van der Waals surface area contributed by atoms with Crippen molar-refractivity contribution in [3.8, 4) is 11.5 Å².